The summed E-state index contributed by atoms with van der Waals surface area (Å²) in [6.45, 7) is 0.851. The summed E-state index contributed by atoms with van der Waals surface area (Å²) in [6.07, 6.45) is 0.715. The molecule has 2 N–H and O–H groups in total. The van der Waals surface area contributed by atoms with Crippen LogP contribution in [0.3, 0.4) is 0 Å². The summed E-state index contributed by atoms with van der Waals surface area (Å²) < 4.78 is 0. The highest BCUT2D eigenvalue weighted by molar-refractivity contribution is 6.30. The number of hydrogen-bond donors (Lipinski definition) is 2. The maximum atomic E-state index is 11.5. The third-order valence-corrected chi connectivity index (χ3v) is 3.07. The number of nitrogens with one attached hydrogen (secondary N) is 2. The minimum Gasteiger partial charge on any atom is -0.336 e. The highest BCUT2D eigenvalue weighted by atomic mass is 35.5. The lowest BCUT2D eigenvalue weighted by atomic mass is 10.1. The van der Waals surface area contributed by atoms with Gasteiger partial charge in [-0.2, -0.15) is 0 Å². The van der Waals surface area contributed by atoms with Gasteiger partial charge in [-0.1, -0.05) is 54.1 Å². The number of hydrogen-bond acceptors (Lipinski definition) is 2. The maximum Gasteiger partial charge on any atom is 0.338 e. The second-order valence-corrected chi connectivity index (χ2v) is 4.95. The van der Waals surface area contributed by atoms with Gasteiger partial charge in [-0.3, -0.25) is 4.84 Å². The fraction of sp³-hybridized carbons (Fsp3) is 0.188. The first-order valence-corrected chi connectivity index (χ1v) is 7.06. The SMILES string of the molecule is O=C(NCCc1cccc(Cl)c1)NOCc1ccccc1. The molecule has 0 radical (unpaired) electrons. The molecule has 110 valence electrons. The molecule has 0 aliphatic heterocycles. The van der Waals surface area contributed by atoms with Crippen LogP contribution >= 0.6 is 11.6 Å². The summed E-state index contributed by atoms with van der Waals surface area (Å²) in [4.78, 5) is 16.6. The van der Waals surface area contributed by atoms with Gasteiger partial charge in [0.25, 0.3) is 0 Å². The zero-order valence-electron chi connectivity index (χ0n) is 11.5. The van der Waals surface area contributed by atoms with E-state index in [1.54, 1.807) is 0 Å². The summed E-state index contributed by atoms with van der Waals surface area (Å²) in [5.74, 6) is 0. The van der Waals surface area contributed by atoms with Gasteiger partial charge in [0.15, 0.2) is 0 Å². The van der Waals surface area contributed by atoms with Gasteiger partial charge in [-0.05, 0) is 29.7 Å². The van der Waals surface area contributed by atoms with Crippen molar-refractivity contribution >= 4 is 17.6 Å². The Balaban J connectivity index is 1.61. The molecule has 2 amide bonds. The lowest BCUT2D eigenvalue weighted by Crippen LogP contribution is -2.36. The summed E-state index contributed by atoms with van der Waals surface area (Å²) in [7, 11) is 0. The van der Waals surface area contributed by atoms with Gasteiger partial charge in [0, 0.05) is 11.6 Å². The van der Waals surface area contributed by atoms with Gasteiger partial charge in [-0.15, -0.1) is 0 Å². The third-order valence-electron chi connectivity index (χ3n) is 2.83. The van der Waals surface area contributed by atoms with Crippen molar-refractivity contribution in [3.05, 3.63) is 70.7 Å². The Hall–Kier alpha value is -2.04. The van der Waals surface area contributed by atoms with Crippen LogP contribution in [0.1, 0.15) is 11.1 Å². The van der Waals surface area contributed by atoms with Crippen LogP contribution in [0.2, 0.25) is 5.02 Å². The zero-order chi connectivity index (χ0) is 14.9. The topological polar surface area (TPSA) is 50.4 Å². The largest absolute Gasteiger partial charge is 0.338 e. The predicted molar refractivity (Wildman–Crippen MR) is 82.9 cm³/mol. The molecule has 21 heavy (non-hydrogen) atoms. The Kier molecular flexibility index (Phi) is 6.06. The molecule has 0 atom stereocenters. The predicted octanol–water partition coefficient (Wildman–Crippen LogP) is 3.31. The number of urea groups is 1. The molecule has 4 nitrogen and oxygen atoms in total. The second-order valence-electron chi connectivity index (χ2n) is 4.51. The van der Waals surface area contributed by atoms with Crippen LogP contribution < -0.4 is 10.8 Å². The van der Waals surface area contributed by atoms with E-state index >= 15 is 0 Å². The monoisotopic (exact) mass is 304 g/mol. The summed E-state index contributed by atoms with van der Waals surface area (Å²) in [5.41, 5.74) is 4.43. The van der Waals surface area contributed by atoms with Crippen molar-refractivity contribution in [3.63, 3.8) is 0 Å². The van der Waals surface area contributed by atoms with Crippen LogP contribution in [0.15, 0.2) is 54.6 Å². The summed E-state index contributed by atoms with van der Waals surface area (Å²) in [5, 5.41) is 3.42. The van der Waals surface area contributed by atoms with Crippen molar-refractivity contribution < 1.29 is 9.63 Å². The van der Waals surface area contributed by atoms with E-state index in [2.05, 4.69) is 10.8 Å². The Bertz CT molecular complexity index is 575. The average molecular weight is 305 g/mol. The molecular formula is C16H17ClN2O2. The van der Waals surface area contributed by atoms with E-state index in [0.29, 0.717) is 24.6 Å². The Labute approximate surface area is 129 Å². The van der Waals surface area contributed by atoms with E-state index < -0.39 is 0 Å². The number of halogens is 1. The Morgan fingerprint density at radius 3 is 2.57 bits per heavy atom. The van der Waals surface area contributed by atoms with Crippen LogP contribution in [0, 0.1) is 0 Å². The molecule has 2 rings (SSSR count). The molecule has 0 fully saturated rings. The number of hydroxylamine groups is 1. The van der Waals surface area contributed by atoms with Crippen LogP contribution in [-0.2, 0) is 17.9 Å². The molecule has 5 heteroatoms. The van der Waals surface area contributed by atoms with Gasteiger partial charge >= 0.3 is 6.03 Å². The van der Waals surface area contributed by atoms with E-state index in [1.165, 1.54) is 0 Å². The van der Waals surface area contributed by atoms with Crippen molar-refractivity contribution in [1.29, 1.82) is 0 Å². The van der Waals surface area contributed by atoms with Gasteiger partial charge in [-0.25, -0.2) is 10.3 Å². The molecular weight excluding hydrogens is 288 g/mol. The van der Waals surface area contributed by atoms with Crippen molar-refractivity contribution in [3.8, 4) is 0 Å². The Morgan fingerprint density at radius 2 is 1.81 bits per heavy atom. The van der Waals surface area contributed by atoms with Crippen LogP contribution in [-0.4, -0.2) is 12.6 Å². The molecule has 0 saturated heterocycles. The third kappa shape index (κ3) is 5.85. The number of amides is 2. The average Bonchev–Trinajstić information content (AvgIpc) is 2.48. The minimum atomic E-state index is -0.354. The summed E-state index contributed by atoms with van der Waals surface area (Å²) in [6, 6.07) is 16.8. The van der Waals surface area contributed by atoms with Crippen LogP contribution in [0.25, 0.3) is 0 Å². The first-order valence-electron chi connectivity index (χ1n) is 6.68. The second kappa shape index (κ2) is 8.29. The molecule has 0 aliphatic rings. The zero-order valence-corrected chi connectivity index (χ0v) is 12.3. The molecule has 0 spiro atoms. The van der Waals surface area contributed by atoms with E-state index in [9.17, 15) is 4.79 Å². The highest BCUT2D eigenvalue weighted by Crippen LogP contribution is 2.10. The number of benzene rings is 2. The lowest BCUT2D eigenvalue weighted by Gasteiger charge is -2.08. The van der Waals surface area contributed by atoms with Crippen LogP contribution in [0.4, 0.5) is 4.79 Å². The molecule has 0 aromatic heterocycles. The van der Waals surface area contributed by atoms with Crippen molar-refractivity contribution in [2.75, 3.05) is 6.54 Å². The van der Waals surface area contributed by atoms with E-state index in [0.717, 1.165) is 11.1 Å². The highest BCUT2D eigenvalue weighted by Gasteiger charge is 2.00. The fourth-order valence-electron chi connectivity index (χ4n) is 1.81. The van der Waals surface area contributed by atoms with Gasteiger partial charge < -0.3 is 5.32 Å². The fourth-order valence-corrected chi connectivity index (χ4v) is 2.02. The molecule has 0 unspecified atom stereocenters. The number of rotatable bonds is 6. The van der Waals surface area contributed by atoms with Gasteiger partial charge in [0.2, 0.25) is 0 Å². The van der Waals surface area contributed by atoms with E-state index in [-0.39, 0.29) is 6.03 Å². The first-order chi connectivity index (χ1) is 10.2. The maximum absolute atomic E-state index is 11.5. The molecule has 0 aliphatic carbocycles. The van der Waals surface area contributed by atoms with Crippen LogP contribution in [0.5, 0.6) is 0 Å². The lowest BCUT2D eigenvalue weighted by molar-refractivity contribution is 0.0492. The van der Waals surface area contributed by atoms with Crippen molar-refractivity contribution in [1.82, 2.24) is 10.8 Å². The normalized spacial score (nSPS) is 10.1. The summed E-state index contributed by atoms with van der Waals surface area (Å²) >= 11 is 5.89. The van der Waals surface area contributed by atoms with E-state index in [1.807, 2.05) is 54.6 Å². The molecule has 0 heterocycles. The quantitative estimate of drug-likeness (QED) is 0.804. The van der Waals surface area contributed by atoms with Gasteiger partial charge in [0.1, 0.15) is 0 Å². The standard InChI is InChI=1S/C16H17ClN2O2/c17-15-8-4-7-13(11-15)9-10-18-16(20)19-21-12-14-5-2-1-3-6-14/h1-8,11H,9-10,12H2,(H2,18,19,20). The number of carbonyl (C=O) groups excluding carboxylic acids is 1. The number of carbonyl (C=O) groups is 1. The molecule has 0 saturated carbocycles. The Morgan fingerprint density at radius 1 is 1.05 bits per heavy atom. The minimum absolute atomic E-state index is 0.336. The van der Waals surface area contributed by atoms with Crippen molar-refractivity contribution in [2.24, 2.45) is 0 Å². The van der Waals surface area contributed by atoms with E-state index in [4.69, 9.17) is 16.4 Å². The molecule has 2 aromatic rings. The van der Waals surface area contributed by atoms with Gasteiger partial charge in [0.05, 0.1) is 6.61 Å². The molecule has 2 aromatic carbocycles. The molecule has 0 bridgehead atoms. The van der Waals surface area contributed by atoms with Crippen molar-refractivity contribution in [2.45, 2.75) is 13.0 Å². The first kappa shape index (κ1) is 15.4. The smallest absolute Gasteiger partial charge is 0.336 e.